The van der Waals surface area contributed by atoms with Crippen molar-refractivity contribution in [3.63, 3.8) is 0 Å². The van der Waals surface area contributed by atoms with E-state index in [-0.39, 0.29) is 12.1 Å². The first-order valence-corrected chi connectivity index (χ1v) is 7.78. The van der Waals surface area contributed by atoms with Gasteiger partial charge < -0.3 is 9.47 Å². The minimum absolute atomic E-state index is 0.141. The molecular weight excluding hydrogens is 266 g/mol. The monoisotopic (exact) mass is 291 g/mol. The molecule has 1 atom stereocenters. The van der Waals surface area contributed by atoms with Crippen molar-refractivity contribution in [1.82, 2.24) is 0 Å². The zero-order chi connectivity index (χ0) is 15.2. The van der Waals surface area contributed by atoms with E-state index in [0.717, 1.165) is 29.8 Å². The lowest BCUT2D eigenvalue weighted by Crippen LogP contribution is -2.33. The summed E-state index contributed by atoms with van der Waals surface area (Å²) < 4.78 is 10.6. The van der Waals surface area contributed by atoms with Crippen molar-refractivity contribution in [3.8, 4) is 5.75 Å². The van der Waals surface area contributed by atoms with E-state index >= 15 is 0 Å². The highest BCUT2D eigenvalue weighted by molar-refractivity contribution is 5.90. The Morgan fingerprint density at radius 1 is 1.33 bits per heavy atom. The number of cyclic esters (lactones) is 1. The van der Waals surface area contributed by atoms with Crippen molar-refractivity contribution in [2.24, 2.45) is 0 Å². The maximum atomic E-state index is 12.0. The molecule has 1 amide bonds. The minimum atomic E-state index is -0.249. The number of hydrogen-bond acceptors (Lipinski definition) is 3. The zero-order valence-corrected chi connectivity index (χ0v) is 13.2. The maximum absolute atomic E-state index is 12.0. The Bertz CT molecular complexity index is 487. The normalized spacial score (nSPS) is 18.0. The van der Waals surface area contributed by atoms with Gasteiger partial charge in [-0.25, -0.2) is 4.79 Å². The maximum Gasteiger partial charge on any atom is 0.414 e. The summed E-state index contributed by atoms with van der Waals surface area (Å²) in [6.45, 7) is 4.68. The number of ether oxygens (including phenoxy) is 2. The van der Waals surface area contributed by atoms with Crippen molar-refractivity contribution in [1.29, 1.82) is 0 Å². The van der Waals surface area contributed by atoms with Crippen LogP contribution < -0.4 is 9.64 Å². The van der Waals surface area contributed by atoms with Crippen molar-refractivity contribution in [3.05, 3.63) is 23.8 Å². The number of hydrogen-bond donors (Lipinski definition) is 0. The second-order valence-corrected chi connectivity index (χ2v) is 5.60. The molecule has 1 unspecified atom stereocenters. The molecule has 21 heavy (non-hydrogen) atoms. The Kier molecular flexibility index (Phi) is 5.48. The number of unbranched alkanes of at least 4 members (excludes halogenated alkanes) is 3. The lowest BCUT2D eigenvalue weighted by molar-refractivity contribution is 0.178. The summed E-state index contributed by atoms with van der Waals surface area (Å²) in [7, 11) is 1.65. The smallest absolute Gasteiger partial charge is 0.414 e. The van der Waals surface area contributed by atoms with Gasteiger partial charge in [-0.05, 0) is 25.0 Å². The molecule has 1 saturated heterocycles. The highest BCUT2D eigenvalue weighted by Crippen LogP contribution is 2.30. The molecular formula is C17H25NO3. The van der Waals surface area contributed by atoms with E-state index < -0.39 is 0 Å². The van der Waals surface area contributed by atoms with Crippen LogP contribution in [0, 0.1) is 6.92 Å². The Hall–Kier alpha value is -1.71. The second kappa shape index (κ2) is 7.34. The number of benzene rings is 1. The number of carbonyl (C=O) groups is 1. The molecule has 2 rings (SSSR count). The third kappa shape index (κ3) is 3.69. The first-order valence-electron chi connectivity index (χ1n) is 7.78. The van der Waals surface area contributed by atoms with Crippen molar-refractivity contribution >= 4 is 11.8 Å². The van der Waals surface area contributed by atoms with Gasteiger partial charge in [0.2, 0.25) is 0 Å². The third-order valence-corrected chi connectivity index (χ3v) is 4.02. The summed E-state index contributed by atoms with van der Waals surface area (Å²) in [5.41, 5.74) is 1.92. The van der Waals surface area contributed by atoms with Crippen LogP contribution in [-0.2, 0) is 4.74 Å². The lowest BCUT2D eigenvalue weighted by Gasteiger charge is -2.22. The van der Waals surface area contributed by atoms with Gasteiger partial charge in [0.15, 0.2) is 0 Å². The van der Waals surface area contributed by atoms with Crippen LogP contribution in [0.25, 0.3) is 0 Å². The largest absolute Gasteiger partial charge is 0.496 e. The van der Waals surface area contributed by atoms with Crippen LogP contribution in [0.3, 0.4) is 0 Å². The van der Waals surface area contributed by atoms with Crippen molar-refractivity contribution in [2.75, 3.05) is 18.6 Å². The van der Waals surface area contributed by atoms with Crippen LogP contribution >= 0.6 is 0 Å². The molecule has 0 spiro atoms. The summed E-state index contributed by atoms with van der Waals surface area (Å²) in [4.78, 5) is 13.8. The highest BCUT2D eigenvalue weighted by Gasteiger charge is 2.33. The lowest BCUT2D eigenvalue weighted by atomic mass is 10.1. The van der Waals surface area contributed by atoms with Crippen molar-refractivity contribution < 1.29 is 14.3 Å². The predicted octanol–water partition coefficient (Wildman–Crippen LogP) is 4.30. The van der Waals surface area contributed by atoms with Gasteiger partial charge in [0.05, 0.1) is 18.8 Å². The molecule has 1 aliphatic heterocycles. The zero-order valence-electron chi connectivity index (χ0n) is 13.2. The van der Waals surface area contributed by atoms with Gasteiger partial charge in [0, 0.05) is 6.07 Å². The van der Waals surface area contributed by atoms with Crippen LogP contribution in [0.1, 0.15) is 44.6 Å². The summed E-state index contributed by atoms with van der Waals surface area (Å²) in [5.74, 6) is 0.803. The van der Waals surface area contributed by atoms with Gasteiger partial charge >= 0.3 is 6.09 Å². The van der Waals surface area contributed by atoms with E-state index in [2.05, 4.69) is 6.92 Å². The third-order valence-electron chi connectivity index (χ3n) is 4.02. The fraction of sp³-hybridized carbons (Fsp3) is 0.588. The summed E-state index contributed by atoms with van der Waals surface area (Å²) in [6, 6.07) is 6.00. The Labute approximate surface area is 127 Å². The van der Waals surface area contributed by atoms with Crippen LogP contribution in [0.15, 0.2) is 18.2 Å². The molecule has 0 N–H and O–H groups in total. The first-order chi connectivity index (χ1) is 10.2. The highest BCUT2D eigenvalue weighted by atomic mass is 16.6. The SMILES string of the molecule is CCCCCCC1COC(=O)N1c1ccc(C)c(OC)c1. The molecule has 0 aromatic heterocycles. The Balaban J connectivity index is 2.09. The molecule has 1 aliphatic rings. The van der Waals surface area contributed by atoms with E-state index in [1.165, 1.54) is 19.3 Å². The molecule has 0 radical (unpaired) electrons. The van der Waals surface area contributed by atoms with Gasteiger partial charge in [-0.3, -0.25) is 4.90 Å². The average Bonchev–Trinajstić information content (AvgIpc) is 2.85. The quantitative estimate of drug-likeness (QED) is 0.703. The molecule has 4 heteroatoms. The molecule has 1 fully saturated rings. The van der Waals surface area contributed by atoms with Crippen LogP contribution in [-0.4, -0.2) is 25.9 Å². The Morgan fingerprint density at radius 2 is 2.14 bits per heavy atom. The van der Waals surface area contributed by atoms with Crippen molar-refractivity contribution in [2.45, 2.75) is 52.0 Å². The molecule has 0 saturated carbocycles. The van der Waals surface area contributed by atoms with E-state index in [1.54, 1.807) is 12.0 Å². The van der Waals surface area contributed by atoms with Crippen LogP contribution in [0.4, 0.5) is 10.5 Å². The van der Waals surface area contributed by atoms with Gasteiger partial charge in [-0.2, -0.15) is 0 Å². The fourth-order valence-corrected chi connectivity index (χ4v) is 2.75. The van der Waals surface area contributed by atoms with Gasteiger partial charge in [0.1, 0.15) is 12.4 Å². The van der Waals surface area contributed by atoms with Gasteiger partial charge in [-0.1, -0.05) is 38.7 Å². The molecule has 1 aromatic carbocycles. The van der Waals surface area contributed by atoms with E-state index in [9.17, 15) is 4.79 Å². The number of anilines is 1. The Morgan fingerprint density at radius 3 is 2.86 bits per heavy atom. The molecule has 0 aliphatic carbocycles. The number of amides is 1. The minimum Gasteiger partial charge on any atom is -0.496 e. The first kappa shape index (κ1) is 15.7. The van der Waals surface area contributed by atoms with Crippen LogP contribution in [0.2, 0.25) is 0 Å². The molecule has 1 heterocycles. The molecule has 1 aromatic rings. The van der Waals surface area contributed by atoms with Gasteiger partial charge in [-0.15, -0.1) is 0 Å². The number of nitrogens with zero attached hydrogens (tertiary/aromatic N) is 1. The van der Waals surface area contributed by atoms with E-state index in [1.807, 2.05) is 25.1 Å². The standard InChI is InChI=1S/C17H25NO3/c1-4-5-6-7-8-15-12-21-17(19)18(15)14-10-9-13(2)16(11-14)20-3/h9-11,15H,4-8,12H2,1-3H3. The number of methoxy groups -OCH3 is 1. The predicted molar refractivity (Wildman–Crippen MR) is 84.1 cm³/mol. The number of aryl methyl sites for hydroxylation is 1. The average molecular weight is 291 g/mol. The van der Waals surface area contributed by atoms with E-state index in [0.29, 0.717) is 6.61 Å². The van der Waals surface area contributed by atoms with Crippen LogP contribution in [0.5, 0.6) is 5.75 Å². The second-order valence-electron chi connectivity index (χ2n) is 5.60. The summed E-state index contributed by atoms with van der Waals surface area (Å²) >= 11 is 0. The number of carbonyl (C=O) groups excluding carboxylic acids is 1. The fourth-order valence-electron chi connectivity index (χ4n) is 2.75. The molecule has 4 nitrogen and oxygen atoms in total. The topological polar surface area (TPSA) is 38.8 Å². The summed E-state index contributed by atoms with van der Waals surface area (Å²) in [5, 5.41) is 0. The molecule has 116 valence electrons. The summed E-state index contributed by atoms with van der Waals surface area (Å²) in [6.07, 6.45) is 5.56. The van der Waals surface area contributed by atoms with Gasteiger partial charge in [0.25, 0.3) is 0 Å². The molecule has 0 bridgehead atoms. The number of rotatable bonds is 7. The van der Waals surface area contributed by atoms with E-state index in [4.69, 9.17) is 9.47 Å².